The van der Waals surface area contributed by atoms with Crippen molar-refractivity contribution in [2.75, 3.05) is 0 Å². The van der Waals surface area contributed by atoms with Crippen LogP contribution < -0.4 is 0 Å². The van der Waals surface area contributed by atoms with Gasteiger partial charge < -0.3 is 10.2 Å². The fourth-order valence-corrected chi connectivity index (χ4v) is 2.69. The first-order valence-corrected chi connectivity index (χ1v) is 7.73. The molecule has 6 heteroatoms. The molecule has 1 aromatic heterocycles. The molecule has 1 heterocycles. The number of carboxylic acids is 1. The number of carbonyl (C=O) groups is 1. The Balaban J connectivity index is 2.07. The minimum Gasteiger partial charge on any atom is -0.507 e. The summed E-state index contributed by atoms with van der Waals surface area (Å²) in [5, 5.41) is 19.2. The number of halogens is 2. The Morgan fingerprint density at radius 2 is 1.92 bits per heavy atom. The molecule has 0 atom stereocenters. The van der Waals surface area contributed by atoms with E-state index in [0.717, 1.165) is 5.56 Å². The van der Waals surface area contributed by atoms with E-state index in [9.17, 15) is 19.4 Å². The van der Waals surface area contributed by atoms with Crippen LogP contribution in [-0.2, 0) is 0 Å². The van der Waals surface area contributed by atoms with Crippen molar-refractivity contribution in [1.82, 2.24) is 4.98 Å². The number of phenolic OH excluding ortho intramolecular Hbond substituents is 1. The first-order valence-electron chi connectivity index (χ1n) is 6.94. The molecule has 120 valence electrons. The van der Waals surface area contributed by atoms with Gasteiger partial charge in [-0.3, -0.25) is 0 Å². The SMILES string of the molecule is O=C(O)c1cc(/C=C/c2ccc(O)c(Br)c2)nc2cc(F)ccc12. The van der Waals surface area contributed by atoms with Crippen LogP contribution in [0.3, 0.4) is 0 Å². The zero-order chi connectivity index (χ0) is 17.3. The number of aromatic carboxylic acids is 1. The standard InChI is InChI=1S/C18H11BrFNO3/c19-15-7-10(2-6-17(15)22)1-4-12-9-14(18(23)24)13-5-3-11(20)8-16(13)21-12/h1-9,22H,(H,23,24)/b4-1+. The Morgan fingerprint density at radius 1 is 1.12 bits per heavy atom. The summed E-state index contributed by atoms with van der Waals surface area (Å²) < 4.78 is 13.9. The minimum absolute atomic E-state index is 0.0616. The maximum atomic E-state index is 13.4. The summed E-state index contributed by atoms with van der Waals surface area (Å²) >= 11 is 3.22. The van der Waals surface area contributed by atoms with Crippen molar-refractivity contribution in [3.05, 3.63) is 69.6 Å². The molecule has 0 radical (unpaired) electrons. The van der Waals surface area contributed by atoms with Gasteiger partial charge in [-0.05, 0) is 57.9 Å². The van der Waals surface area contributed by atoms with Crippen LogP contribution in [0.2, 0.25) is 0 Å². The van der Waals surface area contributed by atoms with E-state index in [-0.39, 0.29) is 16.8 Å². The van der Waals surface area contributed by atoms with Gasteiger partial charge in [0.05, 0.1) is 21.2 Å². The highest BCUT2D eigenvalue weighted by Gasteiger charge is 2.11. The predicted octanol–water partition coefficient (Wildman–Crippen LogP) is 4.71. The lowest BCUT2D eigenvalue weighted by molar-refractivity contribution is 0.0699. The molecule has 4 nitrogen and oxygen atoms in total. The van der Waals surface area contributed by atoms with Crippen LogP contribution in [0.4, 0.5) is 4.39 Å². The summed E-state index contributed by atoms with van der Waals surface area (Å²) in [6.45, 7) is 0. The first kappa shape index (κ1) is 16.1. The van der Waals surface area contributed by atoms with Gasteiger partial charge >= 0.3 is 5.97 Å². The fraction of sp³-hybridized carbons (Fsp3) is 0. The summed E-state index contributed by atoms with van der Waals surface area (Å²) in [7, 11) is 0. The molecule has 2 aromatic carbocycles. The average molecular weight is 388 g/mol. The second-order valence-electron chi connectivity index (χ2n) is 5.11. The number of carboxylic acid groups (broad SMARTS) is 1. The van der Waals surface area contributed by atoms with E-state index in [1.165, 1.54) is 30.3 Å². The van der Waals surface area contributed by atoms with Crippen molar-refractivity contribution in [3.63, 3.8) is 0 Å². The molecule has 0 fully saturated rings. The van der Waals surface area contributed by atoms with E-state index in [2.05, 4.69) is 20.9 Å². The highest BCUT2D eigenvalue weighted by Crippen LogP contribution is 2.25. The van der Waals surface area contributed by atoms with Crippen LogP contribution in [0.15, 0.2) is 46.9 Å². The molecular formula is C18H11BrFNO3. The van der Waals surface area contributed by atoms with E-state index >= 15 is 0 Å². The van der Waals surface area contributed by atoms with Gasteiger partial charge in [0.25, 0.3) is 0 Å². The van der Waals surface area contributed by atoms with Gasteiger partial charge in [0, 0.05) is 11.5 Å². The number of pyridine rings is 1. The number of aromatic hydroxyl groups is 1. The summed E-state index contributed by atoms with van der Waals surface area (Å²) in [5.74, 6) is -1.45. The van der Waals surface area contributed by atoms with Gasteiger partial charge in [-0.1, -0.05) is 12.1 Å². The summed E-state index contributed by atoms with van der Waals surface area (Å²) in [4.78, 5) is 15.7. The number of hydrogen-bond donors (Lipinski definition) is 2. The molecular weight excluding hydrogens is 377 g/mol. The molecule has 0 aliphatic rings. The van der Waals surface area contributed by atoms with Crippen LogP contribution in [0.25, 0.3) is 23.1 Å². The molecule has 0 aliphatic heterocycles. The first-order chi connectivity index (χ1) is 11.4. The molecule has 3 rings (SSSR count). The summed E-state index contributed by atoms with van der Waals surface area (Å²) in [6.07, 6.45) is 3.36. The van der Waals surface area contributed by atoms with Crippen molar-refractivity contribution in [2.24, 2.45) is 0 Å². The highest BCUT2D eigenvalue weighted by atomic mass is 79.9. The maximum Gasteiger partial charge on any atom is 0.336 e. The predicted molar refractivity (Wildman–Crippen MR) is 93.4 cm³/mol. The second-order valence-corrected chi connectivity index (χ2v) is 5.96. The number of aromatic nitrogens is 1. The van der Waals surface area contributed by atoms with Gasteiger partial charge in [0.2, 0.25) is 0 Å². The van der Waals surface area contributed by atoms with E-state index in [1.807, 2.05) is 0 Å². The Morgan fingerprint density at radius 3 is 2.62 bits per heavy atom. The van der Waals surface area contributed by atoms with Gasteiger partial charge in [0.15, 0.2) is 0 Å². The minimum atomic E-state index is -1.10. The van der Waals surface area contributed by atoms with E-state index < -0.39 is 11.8 Å². The molecule has 2 N–H and O–H groups in total. The average Bonchev–Trinajstić information content (AvgIpc) is 2.54. The number of hydrogen-bond acceptors (Lipinski definition) is 3. The van der Waals surface area contributed by atoms with E-state index in [4.69, 9.17) is 0 Å². The van der Waals surface area contributed by atoms with Gasteiger partial charge in [0.1, 0.15) is 11.6 Å². The van der Waals surface area contributed by atoms with Crippen molar-refractivity contribution >= 4 is 45.0 Å². The Kier molecular flexibility index (Phi) is 4.31. The Labute approximate surface area is 145 Å². The lowest BCUT2D eigenvalue weighted by Gasteiger charge is -2.05. The van der Waals surface area contributed by atoms with Crippen molar-refractivity contribution in [2.45, 2.75) is 0 Å². The van der Waals surface area contributed by atoms with Crippen LogP contribution in [-0.4, -0.2) is 21.2 Å². The normalized spacial score (nSPS) is 11.2. The Hall–Kier alpha value is -2.73. The Bertz CT molecular complexity index is 985. The third-order valence-corrected chi connectivity index (χ3v) is 4.08. The topological polar surface area (TPSA) is 70.4 Å². The summed E-state index contributed by atoms with van der Waals surface area (Å²) in [6, 6.07) is 10.2. The molecule has 0 spiro atoms. The quantitative estimate of drug-likeness (QED) is 0.682. The number of phenols is 1. The molecule has 0 saturated heterocycles. The van der Waals surface area contributed by atoms with Crippen LogP contribution in [0.1, 0.15) is 21.6 Å². The maximum absolute atomic E-state index is 13.4. The molecule has 0 amide bonds. The molecule has 0 aliphatic carbocycles. The fourth-order valence-electron chi connectivity index (χ4n) is 2.29. The third kappa shape index (κ3) is 3.28. The number of rotatable bonds is 3. The van der Waals surface area contributed by atoms with Crippen LogP contribution in [0.5, 0.6) is 5.75 Å². The molecule has 0 bridgehead atoms. The van der Waals surface area contributed by atoms with Gasteiger partial charge in [-0.15, -0.1) is 0 Å². The van der Waals surface area contributed by atoms with Gasteiger partial charge in [-0.25, -0.2) is 14.2 Å². The highest BCUT2D eigenvalue weighted by molar-refractivity contribution is 9.10. The van der Waals surface area contributed by atoms with Crippen LogP contribution in [0, 0.1) is 5.82 Å². The zero-order valence-electron chi connectivity index (χ0n) is 12.2. The third-order valence-electron chi connectivity index (χ3n) is 3.44. The number of nitrogens with zero attached hydrogens (tertiary/aromatic N) is 1. The number of benzene rings is 2. The summed E-state index contributed by atoms with van der Waals surface area (Å²) in [5.41, 5.74) is 1.53. The lowest BCUT2D eigenvalue weighted by Crippen LogP contribution is -2.00. The zero-order valence-corrected chi connectivity index (χ0v) is 13.8. The van der Waals surface area contributed by atoms with Crippen molar-refractivity contribution in [3.8, 4) is 5.75 Å². The molecule has 3 aromatic rings. The molecule has 24 heavy (non-hydrogen) atoms. The molecule has 0 unspecified atom stereocenters. The molecule has 0 saturated carbocycles. The monoisotopic (exact) mass is 387 g/mol. The van der Waals surface area contributed by atoms with Crippen molar-refractivity contribution < 1.29 is 19.4 Å². The van der Waals surface area contributed by atoms with E-state index in [0.29, 0.717) is 15.6 Å². The second kappa shape index (κ2) is 6.41. The van der Waals surface area contributed by atoms with Gasteiger partial charge in [-0.2, -0.15) is 0 Å². The lowest BCUT2D eigenvalue weighted by atomic mass is 10.1. The smallest absolute Gasteiger partial charge is 0.336 e. The largest absolute Gasteiger partial charge is 0.507 e. The number of fused-ring (bicyclic) bond motifs is 1. The van der Waals surface area contributed by atoms with Crippen LogP contribution >= 0.6 is 15.9 Å². The van der Waals surface area contributed by atoms with Crippen molar-refractivity contribution in [1.29, 1.82) is 0 Å². The van der Waals surface area contributed by atoms with E-state index in [1.54, 1.807) is 24.3 Å².